The minimum Gasteiger partial charge on any atom is -0.496 e. The van der Waals surface area contributed by atoms with Gasteiger partial charge in [0.05, 0.1) is 38.1 Å². The zero-order valence-corrected chi connectivity index (χ0v) is 14.7. The number of rotatable bonds is 5. The molecule has 0 aliphatic carbocycles. The van der Waals surface area contributed by atoms with Crippen molar-refractivity contribution >= 4 is 23.7 Å². The van der Waals surface area contributed by atoms with Gasteiger partial charge in [0.2, 0.25) is 0 Å². The van der Waals surface area contributed by atoms with Crippen LogP contribution in [0.25, 0.3) is 0 Å². The van der Waals surface area contributed by atoms with E-state index in [2.05, 4.69) is 38.1 Å². The van der Waals surface area contributed by atoms with E-state index in [9.17, 15) is 0 Å². The van der Waals surface area contributed by atoms with E-state index in [4.69, 9.17) is 14.9 Å². The van der Waals surface area contributed by atoms with Crippen LogP contribution in [0.1, 0.15) is 12.5 Å². The van der Waals surface area contributed by atoms with Gasteiger partial charge in [0.1, 0.15) is 23.2 Å². The molecule has 0 spiro atoms. The van der Waals surface area contributed by atoms with E-state index in [0.29, 0.717) is 36.2 Å². The second-order valence-corrected chi connectivity index (χ2v) is 5.30. The summed E-state index contributed by atoms with van der Waals surface area (Å²) in [5, 5.41) is 17.6. The highest BCUT2D eigenvalue weighted by molar-refractivity contribution is 5.90. The maximum atomic E-state index is 7.67. The first kappa shape index (κ1) is 18.7. The Morgan fingerprint density at radius 2 is 2.32 bits per heavy atom. The molecule has 1 aliphatic rings. The Kier molecular flexibility index (Phi) is 6.72. The van der Waals surface area contributed by atoms with Crippen molar-refractivity contribution in [3.05, 3.63) is 23.9 Å². The molecular formula is C16H25N7O2. The maximum absolute atomic E-state index is 7.67. The Balaban J connectivity index is 0.00000109. The number of nitrogens with one attached hydrogen (secondary N) is 3. The summed E-state index contributed by atoms with van der Waals surface area (Å²) in [6.45, 7) is 4.20. The van der Waals surface area contributed by atoms with Gasteiger partial charge in [-0.2, -0.15) is 5.10 Å². The van der Waals surface area contributed by atoms with Gasteiger partial charge in [-0.15, -0.1) is 0 Å². The molecule has 9 heteroatoms. The van der Waals surface area contributed by atoms with E-state index in [-0.39, 0.29) is 6.04 Å². The highest BCUT2D eigenvalue weighted by Crippen LogP contribution is 2.31. The van der Waals surface area contributed by atoms with Crippen LogP contribution in [-0.4, -0.2) is 61.4 Å². The molecule has 3 rings (SSSR count). The van der Waals surface area contributed by atoms with Gasteiger partial charge in [0, 0.05) is 24.9 Å². The van der Waals surface area contributed by atoms with Gasteiger partial charge in [-0.25, -0.2) is 4.98 Å². The first-order valence-corrected chi connectivity index (χ1v) is 8.01. The van der Waals surface area contributed by atoms with Crippen LogP contribution in [0, 0.1) is 5.41 Å². The number of pyridine rings is 1. The Morgan fingerprint density at radius 1 is 1.52 bits per heavy atom. The molecule has 5 N–H and O–H groups in total. The summed E-state index contributed by atoms with van der Waals surface area (Å²) in [4.78, 5) is 6.86. The van der Waals surface area contributed by atoms with Gasteiger partial charge in [0.15, 0.2) is 0 Å². The number of nitrogens with zero attached hydrogens (tertiary/aromatic N) is 3. The molecule has 2 aromatic heterocycles. The molecule has 25 heavy (non-hydrogen) atoms. The number of hydrogen-bond donors (Lipinski definition) is 4. The molecule has 2 aromatic rings. The van der Waals surface area contributed by atoms with Crippen LogP contribution in [-0.2, 0) is 4.74 Å². The van der Waals surface area contributed by atoms with Crippen LogP contribution in [0.3, 0.4) is 0 Å². The number of aromatic amines is 1. The van der Waals surface area contributed by atoms with Crippen molar-refractivity contribution in [2.45, 2.75) is 13.0 Å². The van der Waals surface area contributed by atoms with Crippen molar-refractivity contribution in [1.82, 2.24) is 15.2 Å². The average molecular weight is 347 g/mol. The molecule has 0 aromatic carbocycles. The van der Waals surface area contributed by atoms with Crippen LogP contribution in [0.15, 0.2) is 18.3 Å². The minimum atomic E-state index is 0.229. The van der Waals surface area contributed by atoms with Gasteiger partial charge in [0.25, 0.3) is 0 Å². The van der Waals surface area contributed by atoms with Gasteiger partial charge < -0.3 is 30.8 Å². The van der Waals surface area contributed by atoms with Crippen molar-refractivity contribution in [2.75, 3.05) is 44.1 Å². The van der Waals surface area contributed by atoms with E-state index in [1.54, 1.807) is 19.4 Å². The molecule has 136 valence electrons. The molecule has 1 aliphatic heterocycles. The van der Waals surface area contributed by atoms with Crippen LogP contribution < -0.4 is 20.7 Å². The Bertz CT molecular complexity index is 675. The highest BCUT2D eigenvalue weighted by Gasteiger charge is 2.23. The zero-order chi connectivity index (χ0) is 18.2. The third-order valence-corrected chi connectivity index (χ3v) is 3.79. The normalized spacial score (nSPS) is 16.6. The van der Waals surface area contributed by atoms with E-state index in [1.165, 1.54) is 13.3 Å². The Morgan fingerprint density at radius 3 is 2.92 bits per heavy atom. The van der Waals surface area contributed by atoms with Crippen molar-refractivity contribution in [1.29, 1.82) is 5.41 Å². The molecule has 0 radical (unpaired) electrons. The number of aromatic nitrogens is 3. The molecule has 9 nitrogen and oxygen atoms in total. The number of morpholine rings is 1. The first-order valence-electron chi connectivity index (χ1n) is 8.01. The Hall–Kier alpha value is -2.65. The molecule has 1 saturated heterocycles. The van der Waals surface area contributed by atoms with Crippen molar-refractivity contribution in [3.63, 3.8) is 0 Å². The average Bonchev–Trinajstić information content (AvgIpc) is 3.16. The van der Waals surface area contributed by atoms with Crippen molar-refractivity contribution in [2.24, 2.45) is 5.73 Å². The standard InChI is InChI=1S/C15H20N6O2.CH5N/c1-10-9-23-6-5-21(10)14-7-12(22-2)11(8-16)15(19-14)18-13-3-4-17-20-13;1-2/h3-4,7-8,10,16H,5-6,9H2,1-2H3,(H2,17,18,19,20);2H2,1H3. The number of anilines is 3. The second-order valence-electron chi connectivity index (χ2n) is 5.30. The molecule has 0 bridgehead atoms. The van der Waals surface area contributed by atoms with Gasteiger partial charge >= 0.3 is 0 Å². The van der Waals surface area contributed by atoms with Crippen LogP contribution >= 0.6 is 0 Å². The fourth-order valence-corrected chi connectivity index (χ4v) is 2.59. The van der Waals surface area contributed by atoms with Gasteiger partial charge in [-0.3, -0.25) is 5.10 Å². The topological polar surface area (TPSA) is 125 Å². The molecule has 0 amide bonds. The van der Waals surface area contributed by atoms with Crippen molar-refractivity contribution < 1.29 is 9.47 Å². The van der Waals surface area contributed by atoms with E-state index in [1.807, 2.05) is 6.07 Å². The first-order chi connectivity index (χ1) is 12.2. The summed E-state index contributed by atoms with van der Waals surface area (Å²) in [5.41, 5.74) is 5.09. The quantitative estimate of drug-likeness (QED) is 0.602. The predicted octanol–water partition coefficient (Wildman–Crippen LogP) is 1.35. The smallest absolute Gasteiger partial charge is 0.146 e. The molecule has 1 fully saturated rings. The minimum absolute atomic E-state index is 0.229. The van der Waals surface area contributed by atoms with Gasteiger partial charge in [-0.1, -0.05) is 0 Å². The lowest BCUT2D eigenvalue weighted by Crippen LogP contribution is -2.44. The monoisotopic (exact) mass is 347 g/mol. The summed E-state index contributed by atoms with van der Waals surface area (Å²) in [6.07, 6.45) is 2.88. The predicted molar refractivity (Wildman–Crippen MR) is 98.3 cm³/mol. The number of H-pyrrole nitrogens is 1. The maximum Gasteiger partial charge on any atom is 0.146 e. The highest BCUT2D eigenvalue weighted by atomic mass is 16.5. The fourth-order valence-electron chi connectivity index (χ4n) is 2.59. The van der Waals surface area contributed by atoms with E-state index in [0.717, 1.165) is 12.4 Å². The third-order valence-electron chi connectivity index (χ3n) is 3.79. The number of hydrogen-bond acceptors (Lipinski definition) is 8. The van der Waals surface area contributed by atoms with Crippen LogP contribution in [0.5, 0.6) is 5.75 Å². The summed E-state index contributed by atoms with van der Waals surface area (Å²) >= 11 is 0. The van der Waals surface area contributed by atoms with Gasteiger partial charge in [-0.05, 0) is 14.0 Å². The lowest BCUT2D eigenvalue weighted by atomic mass is 10.2. The zero-order valence-electron chi connectivity index (χ0n) is 14.7. The summed E-state index contributed by atoms with van der Waals surface area (Å²) in [5.74, 6) is 2.66. The van der Waals surface area contributed by atoms with Crippen LogP contribution in [0.2, 0.25) is 0 Å². The molecular weight excluding hydrogens is 322 g/mol. The number of methoxy groups -OCH3 is 1. The van der Waals surface area contributed by atoms with Crippen molar-refractivity contribution in [3.8, 4) is 5.75 Å². The fraction of sp³-hybridized carbons (Fsp3) is 0.438. The molecule has 1 unspecified atom stereocenters. The van der Waals surface area contributed by atoms with E-state index >= 15 is 0 Å². The SMILES string of the molecule is CN.COc1cc(N2CCOCC2C)nc(Nc2ccn[nH]2)c1C=N. The number of ether oxygens (including phenoxy) is 2. The Labute approximate surface area is 147 Å². The molecule has 1 atom stereocenters. The second kappa shape index (κ2) is 9.00. The lowest BCUT2D eigenvalue weighted by Gasteiger charge is -2.34. The van der Waals surface area contributed by atoms with E-state index < -0.39 is 0 Å². The molecule has 0 saturated carbocycles. The summed E-state index contributed by atoms with van der Waals surface area (Å²) < 4.78 is 10.9. The lowest BCUT2D eigenvalue weighted by molar-refractivity contribution is 0.0985. The van der Waals surface area contributed by atoms with Crippen LogP contribution in [0.4, 0.5) is 17.5 Å². The summed E-state index contributed by atoms with van der Waals surface area (Å²) in [6, 6.07) is 3.89. The number of nitrogens with two attached hydrogens (primary N) is 1. The summed E-state index contributed by atoms with van der Waals surface area (Å²) in [7, 11) is 3.09. The third kappa shape index (κ3) is 4.25. The largest absolute Gasteiger partial charge is 0.496 e. The molecule has 3 heterocycles.